The molecule has 1 atom stereocenters. The van der Waals surface area contributed by atoms with E-state index in [4.69, 9.17) is 4.74 Å². The van der Waals surface area contributed by atoms with Crippen LogP contribution in [0.1, 0.15) is 53.6 Å². The molecule has 5 rings (SSSR count). The fourth-order valence-electron chi connectivity index (χ4n) is 5.21. The van der Waals surface area contributed by atoms with Gasteiger partial charge in [-0.3, -0.25) is 9.59 Å². The van der Waals surface area contributed by atoms with E-state index in [0.29, 0.717) is 41.8 Å². The Kier molecular flexibility index (Phi) is 10.9. The van der Waals surface area contributed by atoms with E-state index in [1.54, 1.807) is 44.7 Å². The fraction of sp³-hybridized carbons (Fsp3) is 0.303. The van der Waals surface area contributed by atoms with Crippen LogP contribution in [0.2, 0.25) is 0 Å². The second kappa shape index (κ2) is 15.1. The summed E-state index contributed by atoms with van der Waals surface area (Å²) in [5.41, 5.74) is 2.64. The molecule has 0 radical (unpaired) electrons. The lowest BCUT2D eigenvalue weighted by atomic mass is 9.98. The summed E-state index contributed by atoms with van der Waals surface area (Å²) in [6.45, 7) is 4.29. The molecular weight excluding hydrogens is 658 g/mol. The summed E-state index contributed by atoms with van der Waals surface area (Å²) < 4.78 is 47.5. The number of carbonyl (C=O) groups excluding carboxylic acids is 2. The summed E-state index contributed by atoms with van der Waals surface area (Å²) in [5, 5.41) is 17.7. The van der Waals surface area contributed by atoms with Crippen molar-refractivity contribution in [3.63, 3.8) is 0 Å². The Labute approximate surface area is 283 Å². The molecular formula is C33H36FN7O5S2. The van der Waals surface area contributed by atoms with Crippen LogP contribution in [-0.2, 0) is 28.4 Å². The van der Waals surface area contributed by atoms with Crippen LogP contribution in [0, 0.1) is 5.82 Å². The molecule has 2 heterocycles. The van der Waals surface area contributed by atoms with Crippen LogP contribution in [0.15, 0.2) is 87.9 Å². The molecule has 1 N–H and O–H groups in total. The minimum atomic E-state index is -3.63. The molecule has 1 aliphatic rings. The van der Waals surface area contributed by atoms with Gasteiger partial charge in [-0.15, -0.1) is 10.2 Å². The molecule has 0 aliphatic carbocycles. The number of nitrogens with zero attached hydrogens (tertiary/aromatic N) is 6. The molecule has 0 unspecified atom stereocenters. The average Bonchev–Trinajstić information content (AvgIpc) is 3.70. The van der Waals surface area contributed by atoms with E-state index < -0.39 is 22.0 Å². The number of ether oxygens (including phenoxy) is 1. The van der Waals surface area contributed by atoms with E-state index in [9.17, 15) is 22.4 Å². The molecule has 0 saturated carbocycles. The Balaban J connectivity index is 1.22. The second-order valence-corrected chi connectivity index (χ2v) is 13.7. The van der Waals surface area contributed by atoms with E-state index in [1.165, 1.54) is 57.5 Å². The predicted octanol–water partition coefficient (Wildman–Crippen LogP) is 4.39. The third-order valence-corrected chi connectivity index (χ3v) is 11.0. The number of benzene rings is 3. The number of hydrazone groups is 1. The molecule has 0 spiro atoms. The average molecular weight is 694 g/mol. The lowest BCUT2D eigenvalue weighted by Gasteiger charge is -2.22. The monoisotopic (exact) mass is 693 g/mol. The maximum Gasteiger partial charge on any atom is 0.253 e. The van der Waals surface area contributed by atoms with Crippen LogP contribution < -0.4 is 10.1 Å². The first-order valence-electron chi connectivity index (χ1n) is 15.2. The summed E-state index contributed by atoms with van der Waals surface area (Å²) >= 11 is 1.18. The van der Waals surface area contributed by atoms with Gasteiger partial charge in [0.25, 0.3) is 11.8 Å². The standard InChI is InChI=1S/C33H36FN7O5S2/c1-5-40(6-2)48(44,45)27-17-11-24(12-18-27)32(43)35-20-30-36-37-33(39(30)3)47-21-31(42)41-29(23-7-13-25(34)14-8-23)19-28(38-41)22-9-15-26(46-4)16-10-22/h7-18,29H,5-6,19-21H2,1-4H3,(H,35,43)/t29-/m1/s1. The van der Waals surface area contributed by atoms with E-state index in [0.717, 1.165) is 16.8 Å². The van der Waals surface area contributed by atoms with Crippen LogP contribution in [0.5, 0.6) is 5.75 Å². The highest BCUT2D eigenvalue weighted by Crippen LogP contribution is 2.34. The number of methoxy groups -OCH3 is 1. The fourth-order valence-corrected chi connectivity index (χ4v) is 7.45. The molecule has 4 aromatic rings. The third kappa shape index (κ3) is 7.58. The van der Waals surface area contributed by atoms with Gasteiger partial charge in [-0.1, -0.05) is 37.7 Å². The first-order chi connectivity index (χ1) is 23.0. The molecule has 3 aromatic carbocycles. The molecule has 1 aliphatic heterocycles. The van der Waals surface area contributed by atoms with Gasteiger partial charge in [0.05, 0.1) is 36.1 Å². The van der Waals surface area contributed by atoms with Crippen LogP contribution >= 0.6 is 11.8 Å². The van der Waals surface area contributed by atoms with Gasteiger partial charge in [0.15, 0.2) is 11.0 Å². The number of nitrogens with one attached hydrogen (secondary N) is 1. The summed E-state index contributed by atoms with van der Waals surface area (Å²) in [6, 6.07) is 18.8. The maximum atomic E-state index is 13.7. The zero-order chi connectivity index (χ0) is 34.4. The number of hydrogen-bond acceptors (Lipinski definition) is 9. The van der Waals surface area contributed by atoms with Crippen molar-refractivity contribution < 1.29 is 27.1 Å². The zero-order valence-electron chi connectivity index (χ0n) is 27.0. The van der Waals surface area contributed by atoms with Gasteiger partial charge in [-0.2, -0.15) is 9.41 Å². The first kappa shape index (κ1) is 34.7. The first-order valence-corrected chi connectivity index (χ1v) is 17.7. The molecule has 252 valence electrons. The zero-order valence-corrected chi connectivity index (χ0v) is 28.6. The number of sulfonamides is 1. The minimum absolute atomic E-state index is 0.0121. The van der Waals surface area contributed by atoms with Crippen LogP contribution in [0.4, 0.5) is 4.39 Å². The highest BCUT2D eigenvalue weighted by atomic mass is 32.2. The van der Waals surface area contributed by atoms with Crippen molar-refractivity contribution in [1.82, 2.24) is 29.4 Å². The molecule has 1 aromatic heterocycles. The topological polar surface area (TPSA) is 139 Å². The molecule has 48 heavy (non-hydrogen) atoms. The van der Waals surface area contributed by atoms with Gasteiger partial charge in [-0.25, -0.2) is 17.8 Å². The number of halogens is 1. The van der Waals surface area contributed by atoms with E-state index in [1.807, 2.05) is 24.3 Å². The van der Waals surface area contributed by atoms with Crippen molar-refractivity contribution in [3.05, 3.63) is 101 Å². The normalized spacial score (nSPS) is 14.7. The highest BCUT2D eigenvalue weighted by molar-refractivity contribution is 7.99. The lowest BCUT2D eigenvalue weighted by Crippen LogP contribution is -2.30. The van der Waals surface area contributed by atoms with Gasteiger partial charge < -0.3 is 14.6 Å². The van der Waals surface area contributed by atoms with Crippen molar-refractivity contribution in [3.8, 4) is 5.75 Å². The van der Waals surface area contributed by atoms with Crippen molar-refractivity contribution in [2.45, 2.75) is 42.9 Å². The lowest BCUT2D eigenvalue weighted by molar-refractivity contribution is -0.130. The van der Waals surface area contributed by atoms with Crippen molar-refractivity contribution in [2.24, 2.45) is 12.1 Å². The maximum absolute atomic E-state index is 13.7. The quantitative estimate of drug-likeness (QED) is 0.204. The number of carbonyl (C=O) groups is 2. The molecule has 15 heteroatoms. The Morgan fingerprint density at radius 1 is 1.00 bits per heavy atom. The van der Waals surface area contributed by atoms with Crippen LogP contribution in [0.3, 0.4) is 0 Å². The van der Waals surface area contributed by atoms with Gasteiger partial charge in [0.2, 0.25) is 10.0 Å². The van der Waals surface area contributed by atoms with Gasteiger partial charge >= 0.3 is 0 Å². The van der Waals surface area contributed by atoms with Gasteiger partial charge in [0.1, 0.15) is 11.6 Å². The van der Waals surface area contributed by atoms with Crippen LogP contribution in [0.25, 0.3) is 0 Å². The Hall–Kier alpha value is -4.60. The number of thioether (sulfide) groups is 1. The Morgan fingerprint density at radius 3 is 2.29 bits per heavy atom. The van der Waals surface area contributed by atoms with Crippen LogP contribution in [-0.4, -0.2) is 76.0 Å². The summed E-state index contributed by atoms with van der Waals surface area (Å²) in [5.74, 6) is 0.150. The van der Waals surface area contributed by atoms with Crippen molar-refractivity contribution in [1.29, 1.82) is 0 Å². The molecule has 0 fully saturated rings. The second-order valence-electron chi connectivity index (χ2n) is 10.8. The van der Waals surface area contributed by atoms with E-state index in [-0.39, 0.29) is 28.9 Å². The number of hydrogen-bond donors (Lipinski definition) is 1. The third-order valence-electron chi connectivity index (χ3n) is 7.96. The summed E-state index contributed by atoms with van der Waals surface area (Å²) in [6.07, 6.45) is 0.455. The number of aromatic nitrogens is 3. The Bertz CT molecular complexity index is 1890. The largest absolute Gasteiger partial charge is 0.497 e. The van der Waals surface area contributed by atoms with E-state index >= 15 is 0 Å². The minimum Gasteiger partial charge on any atom is -0.497 e. The summed E-state index contributed by atoms with van der Waals surface area (Å²) in [4.78, 5) is 26.5. The van der Waals surface area contributed by atoms with Crippen molar-refractivity contribution in [2.75, 3.05) is 26.0 Å². The smallest absolute Gasteiger partial charge is 0.253 e. The highest BCUT2D eigenvalue weighted by Gasteiger charge is 2.33. The van der Waals surface area contributed by atoms with E-state index in [2.05, 4.69) is 20.6 Å². The Morgan fingerprint density at radius 2 is 1.67 bits per heavy atom. The molecule has 2 amide bonds. The molecule has 0 bridgehead atoms. The number of rotatable bonds is 13. The van der Waals surface area contributed by atoms with Gasteiger partial charge in [0, 0.05) is 32.1 Å². The predicted molar refractivity (Wildman–Crippen MR) is 180 cm³/mol. The summed E-state index contributed by atoms with van der Waals surface area (Å²) in [7, 11) is -0.306. The molecule has 0 saturated heterocycles. The molecule has 12 nitrogen and oxygen atoms in total. The number of amides is 2. The van der Waals surface area contributed by atoms with Gasteiger partial charge in [-0.05, 0) is 71.8 Å². The SMILES string of the molecule is CCN(CC)S(=O)(=O)c1ccc(C(=O)NCc2nnc(SCC(=O)N3N=C(c4ccc(OC)cc4)C[C@@H]3c3ccc(F)cc3)n2C)cc1. The van der Waals surface area contributed by atoms with Crippen molar-refractivity contribution >= 4 is 39.3 Å².